The van der Waals surface area contributed by atoms with Gasteiger partial charge in [0.15, 0.2) is 0 Å². The number of fused-ring (bicyclic) bond motifs is 1. The zero-order chi connectivity index (χ0) is 10.8. The molecule has 4 nitrogen and oxygen atoms in total. The van der Waals surface area contributed by atoms with Gasteiger partial charge in [-0.2, -0.15) is 0 Å². The molecule has 1 fully saturated rings. The number of morpholine rings is 1. The van der Waals surface area contributed by atoms with Crippen molar-refractivity contribution in [3.8, 4) is 5.19 Å². The fourth-order valence-electron chi connectivity index (χ4n) is 1.64. The summed E-state index contributed by atoms with van der Waals surface area (Å²) in [6.45, 7) is 3.06. The summed E-state index contributed by atoms with van der Waals surface area (Å²) in [6.07, 6.45) is 0. The normalized spacial score (nSPS) is 17.8. The highest BCUT2D eigenvalue weighted by Gasteiger charge is 2.14. The minimum Gasteiger partial charge on any atom is -0.379 e. The Labute approximate surface area is 97.4 Å². The van der Waals surface area contributed by atoms with Crippen LogP contribution in [0.1, 0.15) is 0 Å². The summed E-state index contributed by atoms with van der Waals surface area (Å²) in [7, 11) is 0. The Hall–Kier alpha value is -1.17. The number of benzene rings is 1. The molecule has 1 aliphatic heterocycles. The maximum absolute atomic E-state index is 5.70. The number of rotatable bonds is 2. The second-order valence-corrected chi connectivity index (χ2v) is 4.57. The van der Waals surface area contributed by atoms with Crippen LogP contribution in [0.5, 0.6) is 5.19 Å². The van der Waals surface area contributed by atoms with Crippen molar-refractivity contribution in [2.75, 3.05) is 26.3 Å². The van der Waals surface area contributed by atoms with Crippen LogP contribution in [0, 0.1) is 0 Å². The topological polar surface area (TPSA) is 34.6 Å². The lowest BCUT2D eigenvalue weighted by molar-refractivity contribution is -0.118. The molecule has 0 unspecified atom stereocenters. The smallest absolute Gasteiger partial charge is 0.295 e. The molecule has 1 aromatic carbocycles. The van der Waals surface area contributed by atoms with Crippen LogP contribution in [0.3, 0.4) is 0 Å². The number of para-hydroxylation sites is 1. The molecule has 5 heteroatoms. The predicted octanol–water partition coefficient (Wildman–Crippen LogP) is 1.92. The highest BCUT2D eigenvalue weighted by molar-refractivity contribution is 7.20. The van der Waals surface area contributed by atoms with Crippen LogP contribution in [-0.4, -0.2) is 36.4 Å². The molecule has 1 aliphatic rings. The van der Waals surface area contributed by atoms with Crippen LogP contribution < -0.4 is 4.84 Å². The molecule has 1 saturated heterocycles. The molecule has 16 heavy (non-hydrogen) atoms. The predicted molar refractivity (Wildman–Crippen MR) is 62.6 cm³/mol. The minimum atomic E-state index is 0.711. The lowest BCUT2D eigenvalue weighted by atomic mass is 10.3. The number of hydrogen-bond donors (Lipinski definition) is 0. The molecular formula is C11H12N2O2S. The van der Waals surface area contributed by atoms with Crippen molar-refractivity contribution in [2.24, 2.45) is 0 Å². The summed E-state index contributed by atoms with van der Waals surface area (Å²) in [5.41, 5.74) is 0.996. The minimum absolute atomic E-state index is 0.711. The average Bonchev–Trinajstić information content (AvgIpc) is 2.72. The first-order valence-electron chi connectivity index (χ1n) is 5.28. The molecule has 0 saturated carbocycles. The number of nitrogens with zero attached hydrogens (tertiary/aromatic N) is 2. The fourth-order valence-corrected chi connectivity index (χ4v) is 2.48. The summed E-state index contributed by atoms with van der Waals surface area (Å²) >= 11 is 1.58. The standard InChI is InChI=1S/C11H12N2O2S/c1-2-4-10-9(3-1)12-11(16-10)15-13-5-7-14-8-6-13/h1-4H,5-8H2. The van der Waals surface area contributed by atoms with Crippen molar-refractivity contribution >= 4 is 21.6 Å². The molecule has 0 amide bonds. The molecule has 1 aromatic heterocycles. The summed E-state index contributed by atoms with van der Waals surface area (Å²) < 4.78 is 6.42. The van der Waals surface area contributed by atoms with E-state index >= 15 is 0 Å². The van der Waals surface area contributed by atoms with E-state index in [1.165, 1.54) is 0 Å². The van der Waals surface area contributed by atoms with Crippen LogP contribution in [0.4, 0.5) is 0 Å². The molecule has 0 aliphatic carbocycles. The largest absolute Gasteiger partial charge is 0.379 e. The Morgan fingerprint density at radius 2 is 2.06 bits per heavy atom. The van der Waals surface area contributed by atoms with Gasteiger partial charge in [0.2, 0.25) is 0 Å². The van der Waals surface area contributed by atoms with E-state index in [1.54, 1.807) is 11.3 Å². The van der Waals surface area contributed by atoms with Crippen LogP contribution >= 0.6 is 11.3 Å². The maximum Gasteiger partial charge on any atom is 0.295 e. The monoisotopic (exact) mass is 236 g/mol. The lowest BCUT2D eigenvalue weighted by Gasteiger charge is -2.24. The zero-order valence-electron chi connectivity index (χ0n) is 8.76. The SMILES string of the molecule is c1ccc2sc(ON3CCOCC3)nc2c1. The second kappa shape index (κ2) is 4.37. The molecule has 3 rings (SSSR count). The van der Waals surface area contributed by atoms with Crippen molar-refractivity contribution < 1.29 is 9.57 Å². The first-order valence-corrected chi connectivity index (χ1v) is 6.10. The van der Waals surface area contributed by atoms with Gasteiger partial charge in [0.05, 0.1) is 36.5 Å². The molecule has 0 bridgehead atoms. The van der Waals surface area contributed by atoms with Gasteiger partial charge < -0.3 is 9.57 Å². The van der Waals surface area contributed by atoms with E-state index in [9.17, 15) is 0 Å². The third-order valence-electron chi connectivity index (χ3n) is 2.45. The number of hydrogen-bond acceptors (Lipinski definition) is 5. The Morgan fingerprint density at radius 1 is 1.25 bits per heavy atom. The van der Waals surface area contributed by atoms with Crippen molar-refractivity contribution in [3.63, 3.8) is 0 Å². The van der Waals surface area contributed by atoms with Crippen LogP contribution in [0.25, 0.3) is 10.2 Å². The van der Waals surface area contributed by atoms with Crippen LogP contribution in [-0.2, 0) is 4.74 Å². The second-order valence-electron chi connectivity index (χ2n) is 3.58. The number of thiazole rings is 1. The molecule has 2 heterocycles. The van der Waals surface area contributed by atoms with Gasteiger partial charge in [-0.3, -0.25) is 0 Å². The quantitative estimate of drug-likeness (QED) is 0.798. The molecule has 0 spiro atoms. The van der Waals surface area contributed by atoms with E-state index in [1.807, 2.05) is 23.3 Å². The Morgan fingerprint density at radius 3 is 2.88 bits per heavy atom. The number of ether oxygens (including phenoxy) is 1. The third kappa shape index (κ3) is 2.02. The first kappa shape index (κ1) is 10.0. The molecule has 0 N–H and O–H groups in total. The molecule has 84 valence electrons. The van der Waals surface area contributed by atoms with Crippen LogP contribution in [0.15, 0.2) is 24.3 Å². The van der Waals surface area contributed by atoms with Gasteiger partial charge in [-0.25, -0.2) is 4.98 Å². The Bertz CT molecular complexity index is 447. The molecule has 2 aromatic rings. The molecule has 0 atom stereocenters. The van der Waals surface area contributed by atoms with Crippen molar-refractivity contribution in [2.45, 2.75) is 0 Å². The van der Waals surface area contributed by atoms with Crippen molar-refractivity contribution in [1.29, 1.82) is 0 Å². The summed E-state index contributed by atoms with van der Waals surface area (Å²) in [5, 5.41) is 2.62. The van der Waals surface area contributed by atoms with E-state index in [0.29, 0.717) is 5.19 Å². The van der Waals surface area contributed by atoms with Gasteiger partial charge in [0.1, 0.15) is 0 Å². The molecule has 0 radical (unpaired) electrons. The highest BCUT2D eigenvalue weighted by atomic mass is 32.1. The maximum atomic E-state index is 5.70. The Kier molecular flexibility index (Phi) is 2.73. The van der Waals surface area contributed by atoms with E-state index in [2.05, 4.69) is 11.1 Å². The summed E-state index contributed by atoms with van der Waals surface area (Å²) in [5.74, 6) is 0. The van der Waals surface area contributed by atoms with Crippen molar-refractivity contribution in [3.05, 3.63) is 24.3 Å². The van der Waals surface area contributed by atoms with Gasteiger partial charge >= 0.3 is 0 Å². The molecular weight excluding hydrogens is 224 g/mol. The number of aromatic nitrogens is 1. The zero-order valence-corrected chi connectivity index (χ0v) is 9.57. The Balaban J connectivity index is 1.78. The number of hydroxylamine groups is 2. The fraction of sp³-hybridized carbons (Fsp3) is 0.364. The van der Waals surface area contributed by atoms with Gasteiger partial charge in [-0.1, -0.05) is 23.5 Å². The summed E-state index contributed by atoms with van der Waals surface area (Å²) in [6, 6.07) is 8.05. The van der Waals surface area contributed by atoms with Gasteiger partial charge in [-0.15, -0.1) is 5.06 Å². The first-order chi connectivity index (χ1) is 7.92. The van der Waals surface area contributed by atoms with Crippen molar-refractivity contribution in [1.82, 2.24) is 10.0 Å². The summed E-state index contributed by atoms with van der Waals surface area (Å²) in [4.78, 5) is 10.1. The highest BCUT2D eigenvalue weighted by Crippen LogP contribution is 2.27. The van der Waals surface area contributed by atoms with Crippen LogP contribution in [0.2, 0.25) is 0 Å². The average molecular weight is 236 g/mol. The van der Waals surface area contributed by atoms with E-state index < -0.39 is 0 Å². The van der Waals surface area contributed by atoms with Gasteiger partial charge in [0, 0.05) is 0 Å². The van der Waals surface area contributed by atoms with E-state index in [4.69, 9.17) is 9.57 Å². The van der Waals surface area contributed by atoms with E-state index in [0.717, 1.165) is 36.5 Å². The van der Waals surface area contributed by atoms with E-state index in [-0.39, 0.29) is 0 Å². The van der Waals surface area contributed by atoms with Gasteiger partial charge in [0.25, 0.3) is 5.19 Å². The lowest BCUT2D eigenvalue weighted by Crippen LogP contribution is -2.38. The van der Waals surface area contributed by atoms with Gasteiger partial charge in [-0.05, 0) is 12.1 Å². The third-order valence-corrected chi connectivity index (χ3v) is 3.36.